The lowest BCUT2D eigenvalue weighted by Crippen LogP contribution is -1.99. The molecule has 0 N–H and O–H groups in total. The second-order valence-electron chi connectivity index (χ2n) is 2.11. The van der Waals surface area contributed by atoms with Gasteiger partial charge in [0.25, 0.3) is 0 Å². The lowest BCUT2D eigenvalue weighted by atomic mass is 10.0. The highest BCUT2D eigenvalue weighted by atomic mass is 79.9. The Morgan fingerprint density at radius 3 is 2.25 bits per heavy atom. The van der Waals surface area contributed by atoms with E-state index in [4.69, 9.17) is 0 Å². The minimum absolute atomic E-state index is 0.676. The Bertz CT molecular complexity index is 72.5. The van der Waals surface area contributed by atoms with Gasteiger partial charge in [-0.3, -0.25) is 0 Å². The quantitative estimate of drug-likeness (QED) is 0.459. The molecular formula is C7H13Br. The number of allylic oxidation sites excluding steroid dienone is 1. The molecule has 0 aromatic carbocycles. The van der Waals surface area contributed by atoms with E-state index in [0.717, 1.165) is 5.33 Å². The molecule has 0 aliphatic carbocycles. The fourth-order valence-electron chi connectivity index (χ4n) is 0.589. The average molecular weight is 177 g/mol. The van der Waals surface area contributed by atoms with Crippen LogP contribution in [0.2, 0.25) is 0 Å². The van der Waals surface area contributed by atoms with Crippen molar-refractivity contribution in [3.63, 3.8) is 0 Å². The lowest BCUT2D eigenvalue weighted by molar-refractivity contribution is 0.673. The third kappa shape index (κ3) is 2.51. The molecule has 0 fully saturated rings. The van der Waals surface area contributed by atoms with Gasteiger partial charge < -0.3 is 0 Å². The van der Waals surface area contributed by atoms with Crippen LogP contribution in [-0.4, -0.2) is 5.33 Å². The fourth-order valence-corrected chi connectivity index (χ4v) is 1.60. The molecule has 0 amide bonds. The van der Waals surface area contributed by atoms with Crippen molar-refractivity contribution in [2.24, 2.45) is 5.92 Å². The zero-order chi connectivity index (χ0) is 6.57. The maximum atomic E-state index is 3.87. The van der Waals surface area contributed by atoms with Gasteiger partial charge in [0.1, 0.15) is 0 Å². The zero-order valence-corrected chi connectivity index (χ0v) is 7.16. The number of halogens is 1. The summed E-state index contributed by atoms with van der Waals surface area (Å²) in [6.45, 7) is 8.13. The molecule has 0 saturated heterocycles. The van der Waals surface area contributed by atoms with Gasteiger partial charge in [0, 0.05) is 5.33 Å². The van der Waals surface area contributed by atoms with Crippen LogP contribution in [0.5, 0.6) is 0 Å². The Balaban J connectivity index is 3.52. The molecule has 1 atom stereocenters. The summed E-state index contributed by atoms with van der Waals surface area (Å²) in [5.41, 5.74) is 1.28. The van der Waals surface area contributed by atoms with E-state index >= 15 is 0 Å². The smallest absolute Gasteiger partial charge is 0.00966 e. The summed E-state index contributed by atoms with van der Waals surface area (Å²) in [5, 5.41) is 1.05. The molecule has 0 aromatic rings. The molecule has 0 aromatic heterocycles. The second-order valence-corrected chi connectivity index (χ2v) is 2.75. The number of hydrogen-bond acceptors (Lipinski definition) is 0. The molecule has 0 bridgehead atoms. The predicted octanol–water partition coefficient (Wildman–Crippen LogP) is 2.98. The van der Waals surface area contributed by atoms with Crippen molar-refractivity contribution in [2.75, 3.05) is 5.33 Å². The molecule has 0 radical (unpaired) electrons. The van der Waals surface area contributed by atoms with Gasteiger partial charge in [-0.25, -0.2) is 0 Å². The van der Waals surface area contributed by atoms with Crippen LogP contribution in [0.1, 0.15) is 20.3 Å². The summed E-state index contributed by atoms with van der Waals surface area (Å²) in [6.07, 6.45) is 1.20. The molecule has 0 rings (SSSR count). The molecule has 0 aliphatic rings. The molecule has 48 valence electrons. The molecule has 0 nitrogen and oxygen atoms in total. The van der Waals surface area contributed by atoms with Crippen molar-refractivity contribution in [1.29, 1.82) is 0 Å². The first-order valence-electron chi connectivity index (χ1n) is 2.93. The monoisotopic (exact) mass is 176 g/mol. The molecule has 0 saturated carbocycles. The minimum Gasteiger partial charge on any atom is -0.0998 e. The van der Waals surface area contributed by atoms with Gasteiger partial charge in [-0.1, -0.05) is 35.0 Å². The molecule has 1 heteroatoms. The highest BCUT2D eigenvalue weighted by Crippen LogP contribution is 2.14. The van der Waals surface area contributed by atoms with Crippen molar-refractivity contribution in [3.05, 3.63) is 12.2 Å². The molecule has 0 unspecified atom stereocenters. The summed E-state index contributed by atoms with van der Waals surface area (Å²) < 4.78 is 0. The summed E-state index contributed by atoms with van der Waals surface area (Å²) in [4.78, 5) is 0. The third-order valence-electron chi connectivity index (χ3n) is 1.38. The first kappa shape index (κ1) is 8.22. The SMILES string of the molecule is C=C(C)[C@@H](CC)CBr. The van der Waals surface area contributed by atoms with E-state index < -0.39 is 0 Å². The van der Waals surface area contributed by atoms with Gasteiger partial charge in [-0.15, -0.1) is 0 Å². The summed E-state index contributed by atoms with van der Waals surface area (Å²) in [5.74, 6) is 0.676. The highest BCUT2D eigenvalue weighted by molar-refractivity contribution is 9.09. The van der Waals surface area contributed by atoms with Gasteiger partial charge in [0.15, 0.2) is 0 Å². The van der Waals surface area contributed by atoms with E-state index in [1.54, 1.807) is 0 Å². The molecular weight excluding hydrogens is 164 g/mol. The van der Waals surface area contributed by atoms with Gasteiger partial charge in [0.05, 0.1) is 0 Å². The van der Waals surface area contributed by atoms with Crippen LogP contribution < -0.4 is 0 Å². The van der Waals surface area contributed by atoms with Crippen molar-refractivity contribution < 1.29 is 0 Å². The Labute approximate surface area is 60.1 Å². The lowest BCUT2D eigenvalue weighted by Gasteiger charge is -2.08. The topological polar surface area (TPSA) is 0 Å². The summed E-state index contributed by atoms with van der Waals surface area (Å²) >= 11 is 3.42. The van der Waals surface area contributed by atoms with E-state index in [9.17, 15) is 0 Å². The van der Waals surface area contributed by atoms with Gasteiger partial charge in [-0.2, -0.15) is 0 Å². The standard InChI is InChI=1S/C7H13Br/c1-4-7(5-8)6(2)3/h7H,2,4-5H2,1,3H3/t7-/m0/s1. The molecule has 8 heavy (non-hydrogen) atoms. The van der Waals surface area contributed by atoms with Crippen LogP contribution >= 0.6 is 15.9 Å². The Hall–Kier alpha value is 0.220. The van der Waals surface area contributed by atoms with Gasteiger partial charge in [0.2, 0.25) is 0 Å². The number of hydrogen-bond donors (Lipinski definition) is 0. The largest absolute Gasteiger partial charge is 0.0998 e. The van der Waals surface area contributed by atoms with E-state index in [1.807, 2.05) is 0 Å². The maximum Gasteiger partial charge on any atom is 0.00966 e. The first-order valence-corrected chi connectivity index (χ1v) is 4.05. The van der Waals surface area contributed by atoms with Crippen LogP contribution in [0.15, 0.2) is 12.2 Å². The van der Waals surface area contributed by atoms with Crippen LogP contribution in [0.4, 0.5) is 0 Å². The highest BCUT2D eigenvalue weighted by Gasteiger charge is 2.01. The zero-order valence-electron chi connectivity index (χ0n) is 5.58. The Morgan fingerprint density at radius 2 is 2.25 bits per heavy atom. The Morgan fingerprint density at radius 1 is 1.75 bits per heavy atom. The minimum atomic E-state index is 0.676. The molecule has 0 heterocycles. The van der Waals surface area contributed by atoms with E-state index in [-0.39, 0.29) is 0 Å². The summed E-state index contributed by atoms with van der Waals surface area (Å²) in [7, 11) is 0. The number of alkyl halides is 1. The fraction of sp³-hybridized carbons (Fsp3) is 0.714. The van der Waals surface area contributed by atoms with Crippen molar-refractivity contribution in [3.8, 4) is 0 Å². The van der Waals surface area contributed by atoms with Crippen LogP contribution in [0.3, 0.4) is 0 Å². The predicted molar refractivity (Wildman–Crippen MR) is 42.4 cm³/mol. The first-order chi connectivity index (χ1) is 3.72. The van der Waals surface area contributed by atoms with Crippen LogP contribution in [0.25, 0.3) is 0 Å². The van der Waals surface area contributed by atoms with Gasteiger partial charge in [-0.05, 0) is 19.3 Å². The van der Waals surface area contributed by atoms with E-state index in [0.29, 0.717) is 5.92 Å². The molecule has 0 aliphatic heterocycles. The van der Waals surface area contributed by atoms with Gasteiger partial charge >= 0.3 is 0 Å². The molecule has 0 spiro atoms. The van der Waals surface area contributed by atoms with Crippen LogP contribution in [0, 0.1) is 5.92 Å². The summed E-state index contributed by atoms with van der Waals surface area (Å²) in [6, 6.07) is 0. The van der Waals surface area contributed by atoms with Crippen molar-refractivity contribution in [1.82, 2.24) is 0 Å². The van der Waals surface area contributed by atoms with Crippen molar-refractivity contribution in [2.45, 2.75) is 20.3 Å². The maximum absolute atomic E-state index is 3.87. The van der Waals surface area contributed by atoms with E-state index in [1.165, 1.54) is 12.0 Å². The normalized spacial score (nSPS) is 13.4. The van der Waals surface area contributed by atoms with E-state index in [2.05, 4.69) is 36.4 Å². The third-order valence-corrected chi connectivity index (χ3v) is 2.16. The Kier molecular flexibility index (Phi) is 4.25. The average Bonchev–Trinajstić information content (AvgIpc) is 1.69. The number of rotatable bonds is 3. The second kappa shape index (κ2) is 4.13. The van der Waals surface area contributed by atoms with Crippen LogP contribution in [-0.2, 0) is 0 Å². The van der Waals surface area contributed by atoms with Crippen molar-refractivity contribution >= 4 is 15.9 Å².